The molecule has 2 aliphatic heterocycles. The summed E-state index contributed by atoms with van der Waals surface area (Å²) in [6.45, 7) is 5.53. The predicted molar refractivity (Wildman–Crippen MR) is 75.8 cm³/mol. The second-order valence-corrected chi connectivity index (χ2v) is 5.50. The van der Waals surface area contributed by atoms with Crippen LogP contribution in [0.1, 0.15) is 24.8 Å². The molecule has 0 amide bonds. The number of anilines is 1. The first-order valence-corrected chi connectivity index (χ1v) is 7.15. The molecule has 0 radical (unpaired) electrons. The lowest BCUT2D eigenvalue weighted by atomic mass is 9.99. The summed E-state index contributed by atoms with van der Waals surface area (Å²) >= 11 is 0. The molecule has 0 aliphatic carbocycles. The Morgan fingerprint density at radius 3 is 2.67 bits per heavy atom. The van der Waals surface area contributed by atoms with E-state index in [2.05, 4.69) is 34.1 Å². The summed E-state index contributed by atoms with van der Waals surface area (Å²) in [7, 11) is 0. The molecule has 1 aromatic rings. The Morgan fingerprint density at radius 2 is 1.89 bits per heavy atom. The molecule has 2 saturated heterocycles. The zero-order valence-corrected chi connectivity index (χ0v) is 11.0. The highest BCUT2D eigenvalue weighted by Crippen LogP contribution is 2.25. The maximum absolute atomic E-state index is 5.65. The van der Waals surface area contributed by atoms with Gasteiger partial charge in [-0.05, 0) is 37.1 Å². The summed E-state index contributed by atoms with van der Waals surface area (Å²) < 4.78 is 0. The number of nitrogens with zero attached hydrogens (tertiary/aromatic N) is 2. The average molecular weight is 245 g/mol. The Morgan fingerprint density at radius 1 is 1.06 bits per heavy atom. The first-order chi connectivity index (χ1) is 8.86. The smallest absolute Gasteiger partial charge is 0.0367 e. The Kier molecular flexibility index (Phi) is 3.52. The minimum Gasteiger partial charge on any atom is -0.369 e. The van der Waals surface area contributed by atoms with E-state index in [1.165, 1.54) is 56.7 Å². The van der Waals surface area contributed by atoms with E-state index in [0.29, 0.717) is 6.54 Å². The van der Waals surface area contributed by atoms with Crippen LogP contribution < -0.4 is 10.6 Å². The van der Waals surface area contributed by atoms with Gasteiger partial charge in [-0.2, -0.15) is 0 Å². The maximum atomic E-state index is 5.65. The highest BCUT2D eigenvalue weighted by atomic mass is 15.3. The number of hydrogen-bond donors (Lipinski definition) is 1. The van der Waals surface area contributed by atoms with Crippen molar-refractivity contribution in [2.24, 2.45) is 5.73 Å². The second kappa shape index (κ2) is 5.29. The molecular formula is C15H23N3. The summed E-state index contributed by atoms with van der Waals surface area (Å²) in [6, 6.07) is 9.54. The van der Waals surface area contributed by atoms with Gasteiger partial charge in [0.2, 0.25) is 0 Å². The topological polar surface area (TPSA) is 32.5 Å². The Bertz CT molecular complexity index is 387. The van der Waals surface area contributed by atoms with Crippen molar-refractivity contribution >= 4 is 5.69 Å². The third-order valence-electron chi connectivity index (χ3n) is 4.37. The minimum atomic E-state index is 0.636. The van der Waals surface area contributed by atoms with Crippen LogP contribution in [-0.2, 0) is 6.54 Å². The quantitative estimate of drug-likeness (QED) is 0.862. The van der Waals surface area contributed by atoms with Crippen LogP contribution in [0.15, 0.2) is 24.3 Å². The molecule has 2 N–H and O–H groups in total. The van der Waals surface area contributed by atoms with Gasteiger partial charge in [-0.25, -0.2) is 0 Å². The van der Waals surface area contributed by atoms with E-state index in [9.17, 15) is 0 Å². The molecule has 18 heavy (non-hydrogen) atoms. The van der Waals surface area contributed by atoms with Crippen molar-refractivity contribution in [3.8, 4) is 0 Å². The zero-order chi connectivity index (χ0) is 12.4. The fourth-order valence-corrected chi connectivity index (χ4v) is 3.23. The number of piperidine rings is 1. The van der Waals surface area contributed by atoms with Crippen molar-refractivity contribution in [3.63, 3.8) is 0 Å². The Balaban J connectivity index is 1.69. The molecule has 0 spiro atoms. The van der Waals surface area contributed by atoms with Crippen LogP contribution in [0.2, 0.25) is 0 Å². The molecule has 0 bridgehead atoms. The number of fused-ring (bicyclic) bond motifs is 1. The molecular weight excluding hydrogens is 222 g/mol. The van der Waals surface area contributed by atoms with Gasteiger partial charge < -0.3 is 10.6 Å². The van der Waals surface area contributed by atoms with Gasteiger partial charge in [0.1, 0.15) is 0 Å². The molecule has 1 aromatic carbocycles. The third-order valence-corrected chi connectivity index (χ3v) is 4.37. The van der Waals surface area contributed by atoms with E-state index >= 15 is 0 Å². The van der Waals surface area contributed by atoms with Crippen LogP contribution in [-0.4, -0.2) is 37.1 Å². The molecule has 3 nitrogen and oxygen atoms in total. The number of piperazine rings is 1. The maximum Gasteiger partial charge on any atom is 0.0367 e. The van der Waals surface area contributed by atoms with Gasteiger partial charge >= 0.3 is 0 Å². The van der Waals surface area contributed by atoms with Crippen molar-refractivity contribution in [1.29, 1.82) is 0 Å². The first kappa shape index (κ1) is 12.0. The van der Waals surface area contributed by atoms with E-state index in [0.717, 1.165) is 6.04 Å². The molecule has 0 saturated carbocycles. The Hall–Kier alpha value is -1.06. The number of benzene rings is 1. The van der Waals surface area contributed by atoms with Crippen LogP contribution in [0.5, 0.6) is 0 Å². The van der Waals surface area contributed by atoms with E-state index in [-0.39, 0.29) is 0 Å². The fourth-order valence-electron chi connectivity index (χ4n) is 3.23. The molecule has 1 atom stereocenters. The lowest BCUT2D eigenvalue weighted by molar-refractivity contribution is 0.133. The summed E-state index contributed by atoms with van der Waals surface area (Å²) in [5, 5.41) is 0. The fraction of sp³-hybridized carbons (Fsp3) is 0.600. The van der Waals surface area contributed by atoms with Gasteiger partial charge in [-0.3, -0.25) is 4.90 Å². The molecule has 1 unspecified atom stereocenters. The van der Waals surface area contributed by atoms with Crippen LogP contribution >= 0.6 is 0 Å². The minimum absolute atomic E-state index is 0.636. The molecule has 2 aliphatic rings. The van der Waals surface area contributed by atoms with Crippen molar-refractivity contribution < 1.29 is 0 Å². The highest BCUT2D eigenvalue weighted by molar-refractivity contribution is 5.48. The van der Waals surface area contributed by atoms with Crippen molar-refractivity contribution in [3.05, 3.63) is 29.8 Å². The third kappa shape index (κ3) is 2.38. The largest absolute Gasteiger partial charge is 0.369 e. The van der Waals surface area contributed by atoms with E-state index < -0.39 is 0 Å². The van der Waals surface area contributed by atoms with E-state index in [1.807, 2.05) is 0 Å². The van der Waals surface area contributed by atoms with Crippen LogP contribution in [0.3, 0.4) is 0 Å². The molecule has 2 fully saturated rings. The summed E-state index contributed by atoms with van der Waals surface area (Å²) in [6.07, 6.45) is 4.17. The van der Waals surface area contributed by atoms with Crippen molar-refractivity contribution in [1.82, 2.24) is 4.90 Å². The number of hydrogen-bond acceptors (Lipinski definition) is 3. The van der Waals surface area contributed by atoms with Gasteiger partial charge in [0.15, 0.2) is 0 Å². The summed E-state index contributed by atoms with van der Waals surface area (Å²) in [4.78, 5) is 5.21. The first-order valence-electron chi connectivity index (χ1n) is 7.15. The molecule has 0 aromatic heterocycles. The molecule has 3 heteroatoms. The average Bonchev–Trinajstić information content (AvgIpc) is 2.47. The lowest BCUT2D eigenvalue weighted by Gasteiger charge is -2.45. The van der Waals surface area contributed by atoms with Gasteiger partial charge in [-0.15, -0.1) is 0 Å². The molecule has 98 valence electrons. The number of nitrogens with two attached hydrogens (primary N) is 1. The summed E-state index contributed by atoms with van der Waals surface area (Å²) in [5.74, 6) is 0. The standard InChI is InChI=1S/C15H23N3/c16-11-13-4-6-14(7-5-13)18-10-9-17-8-2-1-3-15(17)12-18/h4-7,15H,1-3,8-12,16H2. The van der Waals surface area contributed by atoms with E-state index in [1.54, 1.807) is 0 Å². The Labute approximate surface area is 110 Å². The van der Waals surface area contributed by atoms with Crippen molar-refractivity contribution in [2.45, 2.75) is 31.8 Å². The van der Waals surface area contributed by atoms with Crippen molar-refractivity contribution in [2.75, 3.05) is 31.1 Å². The number of rotatable bonds is 2. The predicted octanol–water partition coefficient (Wildman–Crippen LogP) is 1.82. The van der Waals surface area contributed by atoms with Gasteiger partial charge in [-0.1, -0.05) is 18.6 Å². The lowest BCUT2D eigenvalue weighted by Crippen LogP contribution is -2.54. The van der Waals surface area contributed by atoms with Gasteiger partial charge in [0.05, 0.1) is 0 Å². The van der Waals surface area contributed by atoms with Crippen LogP contribution in [0.4, 0.5) is 5.69 Å². The van der Waals surface area contributed by atoms with Crippen LogP contribution in [0, 0.1) is 0 Å². The normalized spacial score (nSPS) is 24.9. The SMILES string of the molecule is NCc1ccc(N2CCN3CCCCC3C2)cc1. The monoisotopic (exact) mass is 245 g/mol. The van der Waals surface area contributed by atoms with Crippen LogP contribution in [0.25, 0.3) is 0 Å². The molecule has 2 heterocycles. The molecule has 3 rings (SSSR count). The van der Waals surface area contributed by atoms with E-state index in [4.69, 9.17) is 5.73 Å². The zero-order valence-electron chi connectivity index (χ0n) is 11.0. The van der Waals surface area contributed by atoms with Gasteiger partial charge in [0, 0.05) is 37.9 Å². The highest BCUT2D eigenvalue weighted by Gasteiger charge is 2.28. The summed E-state index contributed by atoms with van der Waals surface area (Å²) in [5.41, 5.74) is 8.22. The van der Waals surface area contributed by atoms with Gasteiger partial charge in [0.25, 0.3) is 0 Å². The second-order valence-electron chi connectivity index (χ2n) is 5.50.